The van der Waals surface area contributed by atoms with Gasteiger partial charge in [0.2, 0.25) is 35.4 Å². The Morgan fingerprint density at radius 1 is 0.750 bits per heavy atom. The molecule has 0 radical (unpaired) electrons. The number of nitrogens with one attached hydrogen (secondary N) is 6. The van der Waals surface area contributed by atoms with E-state index < -0.39 is 47.5 Å². The fourth-order valence-corrected chi connectivity index (χ4v) is 6.93. The molecule has 18 heteroatoms. The van der Waals surface area contributed by atoms with Crippen LogP contribution in [0.3, 0.4) is 0 Å². The molecule has 18 nitrogen and oxygen atoms in total. The molecular formula is C34H33N9O9. The second-order valence-corrected chi connectivity index (χ2v) is 12.9. The zero-order chi connectivity index (χ0) is 36.7. The van der Waals surface area contributed by atoms with Crippen LogP contribution in [0.5, 0.6) is 0 Å². The molecule has 0 bridgehead atoms. The number of rotatable bonds is 10. The lowest BCUT2D eigenvalue weighted by atomic mass is 10.0. The van der Waals surface area contributed by atoms with Gasteiger partial charge in [0, 0.05) is 54.5 Å². The molecule has 0 aliphatic carbocycles. The largest absolute Gasteiger partial charge is 0.326 e. The lowest BCUT2D eigenvalue weighted by Gasteiger charge is -2.29. The van der Waals surface area contributed by atoms with Crippen molar-refractivity contribution in [3.8, 4) is 0 Å². The summed E-state index contributed by atoms with van der Waals surface area (Å²) in [4.78, 5) is 115. The molecule has 9 amide bonds. The number of benzene rings is 2. The van der Waals surface area contributed by atoms with Crippen molar-refractivity contribution in [3.63, 3.8) is 0 Å². The summed E-state index contributed by atoms with van der Waals surface area (Å²) >= 11 is 0. The standard InChI is InChI=1S/C34H33N9O9/c44-25(35-21-7-2-5-18-20(21)15-42(32(18)50)23-10-12-26(45)37-30(23)48)9-1-4-17-14-41(40-39-17)16-28(47)36-22-8-3-6-19-29(22)34(52)43(33(19)51)24-11-13-27(46)38-31(24)49/h2-3,5-8,14,23-24,39-40H,1,4,9-13,15-16H2,(H,35,44)(H,36,47)(H,37,45,48)(H,38,46,49). The highest BCUT2D eigenvalue weighted by Gasteiger charge is 2.46. The number of fused-ring (bicyclic) bond motifs is 2. The van der Waals surface area contributed by atoms with Gasteiger partial charge in [-0.05, 0) is 49.9 Å². The summed E-state index contributed by atoms with van der Waals surface area (Å²) < 4.78 is 0. The molecule has 2 fully saturated rings. The highest BCUT2D eigenvalue weighted by atomic mass is 16.2. The summed E-state index contributed by atoms with van der Waals surface area (Å²) in [7, 11) is 0. The molecular weight excluding hydrogens is 678 g/mol. The summed E-state index contributed by atoms with van der Waals surface area (Å²) in [5, 5.41) is 11.4. The van der Waals surface area contributed by atoms with E-state index in [1.54, 1.807) is 24.4 Å². The lowest BCUT2D eigenvalue weighted by Crippen LogP contribution is -2.54. The van der Waals surface area contributed by atoms with Crippen molar-refractivity contribution in [2.24, 2.45) is 0 Å². The quantitative estimate of drug-likeness (QED) is 0.175. The number of hydrazine groups is 2. The van der Waals surface area contributed by atoms with E-state index in [4.69, 9.17) is 0 Å². The van der Waals surface area contributed by atoms with E-state index in [-0.39, 0.29) is 79.7 Å². The molecule has 6 N–H and O–H groups in total. The minimum absolute atomic E-state index is 0.00873. The summed E-state index contributed by atoms with van der Waals surface area (Å²) in [6.07, 6.45) is 3.07. The average molecular weight is 712 g/mol. The molecule has 5 aliphatic rings. The SMILES string of the molecule is O=C1CCC(N2Cc3c(NC(=O)CCCC4=CN(CC(=O)Nc5cccc6c5C(=O)N(C5CCC(=O)NC5=O)C6=O)NN4)cccc3C2=O)C(=O)N1. The van der Waals surface area contributed by atoms with Crippen molar-refractivity contribution in [2.75, 3.05) is 17.2 Å². The zero-order valence-electron chi connectivity index (χ0n) is 27.6. The Kier molecular flexibility index (Phi) is 8.97. The topological polar surface area (TPSA) is 236 Å². The van der Waals surface area contributed by atoms with Gasteiger partial charge in [-0.3, -0.25) is 63.7 Å². The molecule has 2 atom stereocenters. The fraction of sp³-hybridized carbons (Fsp3) is 0.324. The smallest absolute Gasteiger partial charge is 0.264 e. The Bertz CT molecular complexity index is 2010. The van der Waals surface area contributed by atoms with Gasteiger partial charge in [-0.15, -0.1) is 5.53 Å². The van der Waals surface area contributed by atoms with Gasteiger partial charge in [-0.2, -0.15) is 0 Å². The van der Waals surface area contributed by atoms with Crippen molar-refractivity contribution in [1.29, 1.82) is 0 Å². The Balaban J connectivity index is 0.896. The fourth-order valence-electron chi connectivity index (χ4n) is 6.93. The van der Waals surface area contributed by atoms with Crippen molar-refractivity contribution in [2.45, 2.75) is 63.6 Å². The number of carbonyl (C=O) groups is 9. The van der Waals surface area contributed by atoms with Gasteiger partial charge >= 0.3 is 0 Å². The number of allylic oxidation sites excluding steroid dienone is 1. The predicted octanol–water partition coefficient (Wildman–Crippen LogP) is -0.237. The summed E-state index contributed by atoms with van der Waals surface area (Å²) in [6.45, 7) is -0.0574. The van der Waals surface area contributed by atoms with Gasteiger partial charge in [-0.25, -0.2) is 0 Å². The van der Waals surface area contributed by atoms with Crippen LogP contribution in [0.15, 0.2) is 48.3 Å². The van der Waals surface area contributed by atoms with Crippen LogP contribution >= 0.6 is 0 Å². The Morgan fingerprint density at radius 3 is 2.12 bits per heavy atom. The number of anilines is 2. The van der Waals surface area contributed by atoms with Crippen LogP contribution < -0.4 is 32.2 Å². The molecule has 0 spiro atoms. The third kappa shape index (κ3) is 6.46. The highest BCUT2D eigenvalue weighted by Crippen LogP contribution is 2.34. The van der Waals surface area contributed by atoms with Crippen molar-refractivity contribution >= 4 is 64.5 Å². The molecule has 2 aromatic rings. The van der Waals surface area contributed by atoms with Crippen LogP contribution in [0, 0.1) is 0 Å². The molecule has 2 aromatic carbocycles. The van der Waals surface area contributed by atoms with Crippen LogP contribution in [-0.4, -0.2) is 86.6 Å². The second-order valence-electron chi connectivity index (χ2n) is 12.9. The first-order valence-electron chi connectivity index (χ1n) is 16.7. The van der Waals surface area contributed by atoms with Gasteiger partial charge < -0.3 is 21.0 Å². The van der Waals surface area contributed by atoms with E-state index in [1.807, 2.05) is 0 Å². The first-order chi connectivity index (χ1) is 25.0. The molecule has 0 saturated carbocycles. The Morgan fingerprint density at radius 2 is 1.40 bits per heavy atom. The second kappa shape index (κ2) is 13.7. The lowest BCUT2D eigenvalue weighted by molar-refractivity contribution is -0.138. The third-order valence-electron chi connectivity index (χ3n) is 9.43. The number of hydrogen-bond donors (Lipinski definition) is 6. The molecule has 52 heavy (non-hydrogen) atoms. The predicted molar refractivity (Wildman–Crippen MR) is 178 cm³/mol. The molecule has 268 valence electrons. The van der Waals surface area contributed by atoms with Crippen molar-refractivity contribution < 1.29 is 43.2 Å². The molecule has 5 aliphatic heterocycles. The van der Waals surface area contributed by atoms with E-state index in [2.05, 4.69) is 32.2 Å². The van der Waals surface area contributed by atoms with E-state index in [9.17, 15) is 43.2 Å². The monoisotopic (exact) mass is 711 g/mol. The molecule has 2 saturated heterocycles. The van der Waals surface area contributed by atoms with E-state index >= 15 is 0 Å². The number of piperidine rings is 2. The van der Waals surface area contributed by atoms with Gasteiger partial charge in [0.15, 0.2) is 0 Å². The van der Waals surface area contributed by atoms with E-state index in [0.29, 0.717) is 35.4 Å². The number of hydrogen-bond acceptors (Lipinski definition) is 12. The van der Waals surface area contributed by atoms with Crippen molar-refractivity contribution in [3.05, 3.63) is 70.5 Å². The number of amides is 9. The normalized spacial score (nSPS) is 21.0. The van der Waals surface area contributed by atoms with Gasteiger partial charge in [0.25, 0.3) is 17.7 Å². The van der Waals surface area contributed by atoms with Gasteiger partial charge in [0.05, 0.1) is 16.8 Å². The zero-order valence-corrected chi connectivity index (χ0v) is 27.6. The first kappa shape index (κ1) is 34.0. The van der Waals surface area contributed by atoms with Crippen LogP contribution in [0.4, 0.5) is 11.4 Å². The minimum Gasteiger partial charge on any atom is -0.326 e. The van der Waals surface area contributed by atoms with E-state index in [0.717, 1.165) is 4.90 Å². The molecule has 0 aromatic heterocycles. The molecule has 2 unspecified atom stereocenters. The minimum atomic E-state index is -1.13. The average Bonchev–Trinajstić information content (AvgIpc) is 3.76. The van der Waals surface area contributed by atoms with Crippen LogP contribution in [0.1, 0.15) is 81.6 Å². The summed E-state index contributed by atoms with van der Waals surface area (Å²) in [6, 6.07) is 7.52. The van der Waals surface area contributed by atoms with Crippen LogP contribution in [-0.2, 0) is 35.3 Å². The van der Waals surface area contributed by atoms with Gasteiger partial charge in [-0.1, -0.05) is 12.1 Å². The van der Waals surface area contributed by atoms with Gasteiger partial charge in [0.1, 0.15) is 18.6 Å². The molecule has 5 heterocycles. The maximum Gasteiger partial charge on any atom is 0.264 e. The first-order valence-corrected chi connectivity index (χ1v) is 16.7. The van der Waals surface area contributed by atoms with Crippen LogP contribution in [0.2, 0.25) is 0 Å². The third-order valence-corrected chi connectivity index (χ3v) is 9.43. The Hall–Kier alpha value is -6.43. The van der Waals surface area contributed by atoms with Crippen LogP contribution in [0.25, 0.3) is 0 Å². The number of nitrogens with zero attached hydrogens (tertiary/aromatic N) is 3. The summed E-state index contributed by atoms with van der Waals surface area (Å²) in [5.41, 5.74) is 8.07. The highest BCUT2D eigenvalue weighted by molar-refractivity contribution is 6.26. The maximum atomic E-state index is 13.3. The number of imide groups is 3. The molecule has 7 rings (SSSR count). The Labute approximate surface area is 295 Å². The van der Waals surface area contributed by atoms with Crippen molar-refractivity contribution in [1.82, 2.24) is 36.4 Å². The number of carbonyl (C=O) groups excluding carboxylic acids is 9. The van der Waals surface area contributed by atoms with E-state index in [1.165, 1.54) is 28.1 Å². The maximum absolute atomic E-state index is 13.3. The summed E-state index contributed by atoms with van der Waals surface area (Å²) in [5.74, 6) is -4.64.